The molecule has 0 aliphatic rings. The largest absolute Gasteiger partial charge is 0.423 e. The average Bonchev–Trinajstić information content (AvgIpc) is 2.48. The molecule has 0 radical (unpaired) electrons. The lowest BCUT2D eigenvalue weighted by Gasteiger charge is -2.19. The van der Waals surface area contributed by atoms with E-state index in [1.54, 1.807) is 24.3 Å². The van der Waals surface area contributed by atoms with E-state index in [1.807, 2.05) is 0 Å². The molecule has 0 saturated heterocycles. The fourth-order valence-corrected chi connectivity index (χ4v) is 2.65. The fraction of sp³-hybridized carbons (Fsp3) is 0.286. The molecule has 124 valence electrons. The number of amides is 2. The Morgan fingerprint density at radius 1 is 1.35 bits per heavy atom. The van der Waals surface area contributed by atoms with Crippen molar-refractivity contribution in [2.75, 3.05) is 24.7 Å². The van der Waals surface area contributed by atoms with E-state index in [4.69, 9.17) is 14.2 Å². The maximum absolute atomic E-state index is 12.1. The molecular formula is C14H17N2O6P. The topological polar surface area (TPSA) is 120 Å². The summed E-state index contributed by atoms with van der Waals surface area (Å²) in [6.45, 7) is 0.119. The number of carbonyl (C=O) groups excluding carboxylic acids is 1. The first kappa shape index (κ1) is 17.2. The van der Waals surface area contributed by atoms with Crippen LogP contribution in [0.4, 0.5) is 10.5 Å². The fourth-order valence-electron chi connectivity index (χ4n) is 2.08. The van der Waals surface area contributed by atoms with Gasteiger partial charge in [-0.15, -0.1) is 0 Å². The van der Waals surface area contributed by atoms with Crippen LogP contribution in [0.5, 0.6) is 0 Å². The van der Waals surface area contributed by atoms with Crippen molar-refractivity contribution >= 4 is 30.3 Å². The highest BCUT2D eigenvalue weighted by Gasteiger charge is 2.16. The second-order valence-electron chi connectivity index (χ2n) is 4.98. The van der Waals surface area contributed by atoms with Crippen LogP contribution in [0, 0.1) is 0 Å². The Morgan fingerprint density at radius 3 is 2.74 bits per heavy atom. The second-order valence-corrected chi connectivity index (χ2v) is 6.76. The maximum Gasteiger partial charge on any atom is 0.338 e. The number of nitrogens with zero attached hydrogens (tertiary/aromatic N) is 1. The second kappa shape index (κ2) is 6.95. The molecule has 0 bridgehead atoms. The number of anilines is 1. The van der Waals surface area contributed by atoms with Crippen molar-refractivity contribution in [2.24, 2.45) is 0 Å². The van der Waals surface area contributed by atoms with Crippen molar-refractivity contribution in [3.05, 3.63) is 40.8 Å². The third kappa shape index (κ3) is 4.66. The molecule has 0 saturated carbocycles. The molecule has 0 unspecified atom stereocenters. The lowest BCUT2D eigenvalue weighted by atomic mass is 10.2. The lowest BCUT2D eigenvalue weighted by molar-refractivity contribution is 0.247. The van der Waals surface area contributed by atoms with Gasteiger partial charge in [0.2, 0.25) is 0 Å². The molecule has 2 amide bonds. The van der Waals surface area contributed by atoms with Crippen LogP contribution in [-0.2, 0) is 4.57 Å². The summed E-state index contributed by atoms with van der Waals surface area (Å²) in [5.74, 6) is 0. The summed E-state index contributed by atoms with van der Waals surface area (Å²) in [4.78, 5) is 42.5. The van der Waals surface area contributed by atoms with E-state index in [-0.39, 0.29) is 19.1 Å². The summed E-state index contributed by atoms with van der Waals surface area (Å²) >= 11 is 0. The number of hydrogen-bond acceptors (Lipinski definition) is 4. The first-order chi connectivity index (χ1) is 10.8. The zero-order valence-corrected chi connectivity index (χ0v) is 13.3. The van der Waals surface area contributed by atoms with Gasteiger partial charge in [0, 0.05) is 25.0 Å². The predicted octanol–water partition coefficient (Wildman–Crippen LogP) is 1.51. The van der Waals surface area contributed by atoms with Gasteiger partial charge in [0.15, 0.2) is 0 Å². The summed E-state index contributed by atoms with van der Waals surface area (Å²) in [5, 5.41) is 3.16. The Hall–Kier alpha value is -2.15. The smallest absolute Gasteiger partial charge is 0.338 e. The number of para-hydroxylation sites is 1. The quantitative estimate of drug-likeness (QED) is 0.431. The molecule has 0 atom stereocenters. The molecule has 0 aliphatic carbocycles. The standard InChI is InChI=1S/C14H17N2O6P/c1-16(14(18)15-7-4-8-23(19,20)21)11-9-13(17)22-12-6-3-2-5-10(11)12/h2-3,5-6,9H,4,7-8H2,1H3,(H,15,18)(H2,19,20,21). The Labute approximate surface area is 131 Å². The summed E-state index contributed by atoms with van der Waals surface area (Å²) in [6, 6.07) is 7.58. The van der Waals surface area contributed by atoms with Crippen LogP contribution in [0.25, 0.3) is 11.0 Å². The van der Waals surface area contributed by atoms with E-state index in [9.17, 15) is 14.2 Å². The predicted molar refractivity (Wildman–Crippen MR) is 85.8 cm³/mol. The monoisotopic (exact) mass is 340 g/mol. The number of fused-ring (bicyclic) bond motifs is 1. The van der Waals surface area contributed by atoms with E-state index < -0.39 is 19.3 Å². The molecule has 0 spiro atoms. The summed E-state index contributed by atoms with van der Waals surface area (Å²) in [5.41, 5.74) is 0.195. The van der Waals surface area contributed by atoms with Crippen LogP contribution in [0.1, 0.15) is 6.42 Å². The minimum absolute atomic E-state index is 0.119. The van der Waals surface area contributed by atoms with Gasteiger partial charge in [0.1, 0.15) is 5.58 Å². The van der Waals surface area contributed by atoms with Gasteiger partial charge in [-0.25, -0.2) is 9.59 Å². The number of benzene rings is 1. The highest BCUT2D eigenvalue weighted by Crippen LogP contribution is 2.34. The van der Waals surface area contributed by atoms with Crippen LogP contribution in [0.2, 0.25) is 0 Å². The van der Waals surface area contributed by atoms with Gasteiger partial charge in [-0.2, -0.15) is 0 Å². The lowest BCUT2D eigenvalue weighted by Crippen LogP contribution is -2.38. The molecule has 0 aliphatic heterocycles. The molecule has 3 N–H and O–H groups in total. The average molecular weight is 340 g/mol. The third-order valence-corrected chi connectivity index (χ3v) is 4.10. The highest BCUT2D eigenvalue weighted by molar-refractivity contribution is 7.51. The van der Waals surface area contributed by atoms with Crippen LogP contribution in [0.15, 0.2) is 39.5 Å². The van der Waals surface area contributed by atoms with E-state index in [0.29, 0.717) is 16.7 Å². The molecule has 2 aromatic rings. The van der Waals surface area contributed by atoms with E-state index >= 15 is 0 Å². The van der Waals surface area contributed by atoms with Crippen molar-refractivity contribution in [1.82, 2.24) is 5.32 Å². The Bertz CT molecular complexity index is 812. The first-order valence-corrected chi connectivity index (χ1v) is 8.67. The summed E-state index contributed by atoms with van der Waals surface area (Å²) < 4.78 is 15.8. The Kier molecular flexibility index (Phi) is 5.20. The summed E-state index contributed by atoms with van der Waals surface area (Å²) in [7, 11) is -2.57. The minimum atomic E-state index is -4.07. The zero-order valence-electron chi connectivity index (χ0n) is 12.4. The maximum atomic E-state index is 12.1. The van der Waals surface area contributed by atoms with Gasteiger partial charge in [0.05, 0.1) is 11.8 Å². The SMILES string of the molecule is CN(C(=O)NCCCP(=O)(O)O)c1cc(=O)oc2ccccc12. The van der Waals surface area contributed by atoms with Gasteiger partial charge in [0.25, 0.3) is 0 Å². The van der Waals surface area contributed by atoms with Gasteiger partial charge in [-0.1, -0.05) is 12.1 Å². The van der Waals surface area contributed by atoms with Crippen molar-refractivity contribution in [1.29, 1.82) is 0 Å². The van der Waals surface area contributed by atoms with Crippen LogP contribution >= 0.6 is 7.60 Å². The van der Waals surface area contributed by atoms with Gasteiger partial charge < -0.3 is 19.5 Å². The van der Waals surface area contributed by atoms with Crippen molar-refractivity contribution in [2.45, 2.75) is 6.42 Å². The number of urea groups is 1. The molecule has 1 aromatic heterocycles. The minimum Gasteiger partial charge on any atom is -0.423 e. The molecule has 0 fully saturated rings. The molecule has 1 aromatic carbocycles. The highest BCUT2D eigenvalue weighted by atomic mass is 31.2. The van der Waals surface area contributed by atoms with Crippen LogP contribution in [-0.4, -0.2) is 35.6 Å². The molecule has 2 rings (SSSR count). The number of nitrogens with one attached hydrogen (secondary N) is 1. The van der Waals surface area contributed by atoms with Gasteiger partial charge in [-0.3, -0.25) is 9.46 Å². The number of carbonyl (C=O) groups is 1. The van der Waals surface area contributed by atoms with Gasteiger partial charge >= 0.3 is 19.3 Å². The molecule has 1 heterocycles. The van der Waals surface area contributed by atoms with E-state index in [0.717, 1.165) is 0 Å². The normalized spacial score (nSPS) is 11.4. The Balaban J connectivity index is 2.11. The molecule has 8 nitrogen and oxygen atoms in total. The molecule has 23 heavy (non-hydrogen) atoms. The number of rotatable bonds is 5. The van der Waals surface area contributed by atoms with Gasteiger partial charge in [-0.05, 0) is 18.6 Å². The molecular weight excluding hydrogens is 323 g/mol. The zero-order chi connectivity index (χ0) is 17.0. The molecule has 9 heteroatoms. The van der Waals surface area contributed by atoms with E-state index in [1.165, 1.54) is 18.0 Å². The van der Waals surface area contributed by atoms with Crippen LogP contribution < -0.4 is 15.8 Å². The Morgan fingerprint density at radius 2 is 2.04 bits per heavy atom. The van der Waals surface area contributed by atoms with E-state index in [2.05, 4.69) is 5.32 Å². The number of hydrogen-bond donors (Lipinski definition) is 3. The summed E-state index contributed by atoms with van der Waals surface area (Å²) in [6.07, 6.45) is -0.142. The first-order valence-electron chi connectivity index (χ1n) is 6.87. The van der Waals surface area contributed by atoms with Crippen LogP contribution in [0.3, 0.4) is 0 Å². The van der Waals surface area contributed by atoms with Crippen molar-refractivity contribution < 1.29 is 23.6 Å². The van der Waals surface area contributed by atoms with Crippen molar-refractivity contribution in [3.63, 3.8) is 0 Å². The third-order valence-electron chi connectivity index (χ3n) is 3.20. The van der Waals surface area contributed by atoms with Crippen molar-refractivity contribution in [3.8, 4) is 0 Å².